The summed E-state index contributed by atoms with van der Waals surface area (Å²) in [5.41, 5.74) is 14.3. The fraction of sp³-hybridized carbons (Fsp3) is 0.517. The van der Waals surface area contributed by atoms with Gasteiger partial charge in [0.15, 0.2) is 17.1 Å². The van der Waals surface area contributed by atoms with Gasteiger partial charge < -0.3 is 25.5 Å². The molecule has 3 amide bonds. The summed E-state index contributed by atoms with van der Waals surface area (Å²) < 4.78 is 48.2. The average molecular weight is 1410 g/mol. The summed E-state index contributed by atoms with van der Waals surface area (Å²) in [6.07, 6.45) is 34.8. The van der Waals surface area contributed by atoms with Crippen LogP contribution in [0.5, 0.6) is 0 Å². The first kappa shape index (κ1) is 72.6. The van der Waals surface area contributed by atoms with Crippen LogP contribution in [0.2, 0.25) is 0 Å². The Kier molecular flexibility index (Phi) is 24.3. The number of anilines is 1. The summed E-state index contributed by atoms with van der Waals surface area (Å²) in [5, 5.41) is 31.4. The van der Waals surface area contributed by atoms with Crippen molar-refractivity contribution in [1.82, 2.24) is 44.9 Å². The van der Waals surface area contributed by atoms with E-state index in [-0.39, 0.29) is 53.6 Å². The van der Waals surface area contributed by atoms with Crippen molar-refractivity contribution in [3.8, 4) is 0 Å². The van der Waals surface area contributed by atoms with E-state index >= 15 is 0 Å². The first-order chi connectivity index (χ1) is 51.0. The van der Waals surface area contributed by atoms with Gasteiger partial charge in [-0.2, -0.15) is 15.3 Å². The summed E-state index contributed by atoms with van der Waals surface area (Å²) in [4.78, 5) is 45.1. The van der Waals surface area contributed by atoms with Gasteiger partial charge in [-0.1, -0.05) is 162 Å². The molecule has 8 aliphatic rings. The van der Waals surface area contributed by atoms with Crippen LogP contribution in [0.3, 0.4) is 0 Å². The van der Waals surface area contributed by atoms with E-state index in [0.717, 1.165) is 189 Å². The summed E-state index contributed by atoms with van der Waals surface area (Å²) in [6, 6.07) is 41.8. The first-order valence-electron chi connectivity index (χ1n) is 39.9. The predicted octanol–water partition coefficient (Wildman–Crippen LogP) is 18.1. The number of carbonyl (C=O) groups is 3. The normalized spacial score (nSPS) is 20.7. The Labute approximate surface area is 613 Å². The largest absolute Gasteiger partial charge is 0.394 e. The highest BCUT2D eigenvalue weighted by Gasteiger charge is 2.39. The number of piperazine rings is 1. The number of benzene rings is 5. The molecule has 7 aliphatic carbocycles. The second kappa shape index (κ2) is 34.7. The van der Waals surface area contributed by atoms with E-state index in [1.54, 1.807) is 30.3 Å². The van der Waals surface area contributed by atoms with Crippen molar-refractivity contribution >= 4 is 23.4 Å². The van der Waals surface area contributed by atoms with Gasteiger partial charge in [-0.05, 0) is 199 Å². The maximum Gasteiger partial charge on any atom is 0.274 e. The Morgan fingerprint density at radius 2 is 0.846 bits per heavy atom. The fourth-order valence-corrected chi connectivity index (χ4v) is 18.3. The average Bonchev–Trinajstić information content (AvgIpc) is 1.64. The minimum absolute atomic E-state index is 0.0192. The maximum atomic E-state index is 14.0. The summed E-state index contributed by atoms with van der Waals surface area (Å²) in [5.74, 6) is 0.108. The number of hydrogen-bond donors (Lipinski definition) is 3. The molecular formula is C87H107F3N10O4. The molecule has 0 radical (unpaired) electrons. The topological polar surface area (TPSA) is 155 Å². The van der Waals surface area contributed by atoms with Crippen LogP contribution < -0.4 is 15.5 Å². The maximum absolute atomic E-state index is 14.0. The lowest BCUT2D eigenvalue weighted by atomic mass is 9.89. The van der Waals surface area contributed by atoms with E-state index in [1.165, 1.54) is 104 Å². The van der Waals surface area contributed by atoms with Crippen molar-refractivity contribution in [2.45, 2.75) is 253 Å². The summed E-state index contributed by atoms with van der Waals surface area (Å²) in [6.45, 7) is 2.92. The Bertz CT molecular complexity index is 4140. The van der Waals surface area contributed by atoms with Gasteiger partial charge in [0.05, 0.1) is 30.8 Å². The zero-order chi connectivity index (χ0) is 71.3. The van der Waals surface area contributed by atoms with E-state index in [4.69, 9.17) is 15.3 Å². The molecule has 3 unspecified atom stereocenters. The van der Waals surface area contributed by atoms with Gasteiger partial charge in [-0.25, -0.2) is 13.2 Å². The molecule has 8 aromatic rings. The molecular weight excluding hydrogens is 1310 g/mol. The van der Waals surface area contributed by atoms with E-state index in [1.807, 2.05) is 71.6 Å². The lowest BCUT2D eigenvalue weighted by Gasteiger charge is -2.36. The van der Waals surface area contributed by atoms with Crippen molar-refractivity contribution in [2.24, 2.45) is 0 Å². The molecule has 1 saturated heterocycles. The molecule has 5 aromatic carbocycles. The molecule has 14 nitrogen and oxygen atoms in total. The number of aliphatic hydroxyl groups is 1. The highest BCUT2D eigenvalue weighted by Crippen LogP contribution is 2.44. The molecule has 0 spiro atoms. The number of rotatable bonds is 17. The third kappa shape index (κ3) is 17.6. The zero-order valence-electron chi connectivity index (χ0n) is 60.9. The number of nitrogens with zero attached hydrogens (tertiary/aromatic N) is 8. The van der Waals surface area contributed by atoms with Crippen LogP contribution >= 0.6 is 0 Å². The molecule has 3 N–H and O–H groups in total. The predicted molar refractivity (Wildman–Crippen MR) is 403 cm³/mol. The minimum Gasteiger partial charge on any atom is -0.394 e. The molecule has 17 heteroatoms. The Balaban J connectivity index is 0.000000133. The molecule has 4 saturated carbocycles. The quantitative estimate of drug-likeness (QED) is 0.0761. The van der Waals surface area contributed by atoms with Gasteiger partial charge in [0.2, 0.25) is 0 Å². The number of aliphatic hydroxyl groups excluding tert-OH is 1. The number of nitrogens with one attached hydrogen (secondary N) is 2. The highest BCUT2D eigenvalue weighted by molar-refractivity contribution is 5.96. The molecule has 4 atom stereocenters. The van der Waals surface area contributed by atoms with Gasteiger partial charge in [0, 0.05) is 89.4 Å². The number of aromatic nitrogens is 6. The SMILES string of the molecule is O=C(NC1CC1)c1nn(C2CCCCC2)c2c1CCCCC2Cc1ccc(F)cc1.O=C(N[C@@H](CO)c1ccccc1)c1nn(C2CCCCC2)c2c1CCCCC2Cc1cccc(F)c1.O=C(c1nn(C2CCCCC2)c2c1CCCCC2Cc1cccc(F)c1)N1CCN(c2ccccc2)CC1. The van der Waals surface area contributed by atoms with Crippen LogP contribution in [0.1, 0.15) is 296 Å². The third-order valence-corrected chi connectivity index (χ3v) is 23.8. The zero-order valence-corrected chi connectivity index (χ0v) is 60.9. The Morgan fingerprint density at radius 3 is 1.30 bits per heavy atom. The van der Waals surface area contributed by atoms with Gasteiger partial charge in [0.1, 0.15) is 17.5 Å². The molecule has 550 valence electrons. The molecule has 0 bridgehead atoms. The monoisotopic (exact) mass is 1410 g/mol. The van der Waals surface area contributed by atoms with E-state index in [0.29, 0.717) is 60.3 Å². The van der Waals surface area contributed by atoms with Crippen LogP contribution in [0.15, 0.2) is 133 Å². The van der Waals surface area contributed by atoms with Crippen molar-refractivity contribution in [2.75, 3.05) is 37.7 Å². The summed E-state index contributed by atoms with van der Waals surface area (Å²) >= 11 is 0. The Hall–Kier alpha value is -8.31. The lowest BCUT2D eigenvalue weighted by molar-refractivity contribution is 0.0737. The smallest absolute Gasteiger partial charge is 0.274 e. The Morgan fingerprint density at radius 1 is 0.423 bits per heavy atom. The van der Waals surface area contributed by atoms with Crippen molar-refractivity contribution < 1.29 is 32.7 Å². The van der Waals surface area contributed by atoms with Crippen LogP contribution in [0.25, 0.3) is 0 Å². The molecule has 4 heterocycles. The second-order valence-corrected chi connectivity index (χ2v) is 31.2. The number of hydrogen-bond acceptors (Lipinski definition) is 8. The number of para-hydroxylation sites is 1. The fourth-order valence-electron chi connectivity index (χ4n) is 18.3. The van der Waals surface area contributed by atoms with Crippen LogP contribution in [0, 0.1) is 17.5 Å². The molecule has 3 aromatic heterocycles. The standard InChI is InChI=1S/C32H39FN4O.C30H36FN3O2.C25H32FN3O/c33-26-12-9-10-24(23-26)22-25-11-7-8-17-29-30(34-37(31(25)29)28-15-5-2-6-16-28)32(38)36-20-18-35(19-21-36)27-13-3-1-4-14-27;31-24-14-9-10-21(19-24)18-23-13-7-8-17-26-28(33-34(29(23)26)25-15-5-2-6-16-25)30(36)32-27(20-35)22-11-3-1-4-12-22;26-19-12-10-17(11-13-19)16-18-6-4-5-9-22-23(25(30)27-20-14-15-20)28-29(24(18)22)21-7-2-1-3-8-21/h1,3-4,9-10,12-14,23,25,28H,2,5-8,11,15-22H2;1,3-4,9-12,14,19,23,25,27,35H,2,5-8,13,15-18,20H2,(H,32,36);10-13,18,20-21H,1-9,14-16H2,(H,27,30)/t;23?,27-;/m.0./s1. The van der Waals surface area contributed by atoms with E-state index < -0.39 is 6.04 Å². The van der Waals surface area contributed by atoms with Gasteiger partial charge in [-0.3, -0.25) is 28.4 Å². The van der Waals surface area contributed by atoms with Crippen molar-refractivity contribution in [3.05, 3.63) is 224 Å². The molecule has 5 fully saturated rings. The second-order valence-electron chi connectivity index (χ2n) is 31.2. The lowest BCUT2D eigenvalue weighted by Crippen LogP contribution is -2.49. The minimum atomic E-state index is -0.483. The van der Waals surface area contributed by atoms with Crippen LogP contribution in [-0.4, -0.2) is 95.9 Å². The number of amides is 3. The van der Waals surface area contributed by atoms with Gasteiger partial charge >= 0.3 is 0 Å². The molecule has 104 heavy (non-hydrogen) atoms. The van der Waals surface area contributed by atoms with Crippen LogP contribution in [0.4, 0.5) is 18.9 Å². The number of carbonyl (C=O) groups excluding carboxylic acids is 3. The van der Waals surface area contributed by atoms with Gasteiger partial charge in [-0.15, -0.1) is 0 Å². The third-order valence-electron chi connectivity index (χ3n) is 23.8. The number of halogens is 3. The van der Waals surface area contributed by atoms with Gasteiger partial charge in [0.25, 0.3) is 17.7 Å². The molecule has 16 rings (SSSR count). The number of fused-ring (bicyclic) bond motifs is 3. The first-order valence-corrected chi connectivity index (χ1v) is 39.9. The van der Waals surface area contributed by atoms with Crippen LogP contribution in [-0.2, 0) is 38.5 Å². The van der Waals surface area contributed by atoms with E-state index in [2.05, 4.69) is 53.8 Å². The van der Waals surface area contributed by atoms with Crippen molar-refractivity contribution in [3.63, 3.8) is 0 Å². The highest BCUT2D eigenvalue weighted by atomic mass is 19.1. The van der Waals surface area contributed by atoms with E-state index in [9.17, 15) is 32.7 Å². The van der Waals surface area contributed by atoms with Crippen molar-refractivity contribution in [1.29, 1.82) is 0 Å². The molecule has 1 aliphatic heterocycles. The summed E-state index contributed by atoms with van der Waals surface area (Å²) in [7, 11) is 0.